The van der Waals surface area contributed by atoms with Gasteiger partial charge in [-0.1, -0.05) is 37.6 Å². The summed E-state index contributed by atoms with van der Waals surface area (Å²) in [5.74, 6) is 0.848. The van der Waals surface area contributed by atoms with Gasteiger partial charge in [0.2, 0.25) is 5.65 Å². The Morgan fingerprint density at radius 3 is 2.96 bits per heavy atom. The van der Waals surface area contributed by atoms with Crippen LogP contribution in [0.2, 0.25) is 0 Å². The van der Waals surface area contributed by atoms with Gasteiger partial charge in [-0.15, -0.1) is 14.8 Å². The Balaban J connectivity index is 1.44. The number of rotatable bonds is 6. The van der Waals surface area contributed by atoms with Crippen LogP contribution in [0.25, 0.3) is 16.4 Å². The monoisotopic (exact) mass is 339 g/mol. The van der Waals surface area contributed by atoms with Gasteiger partial charge in [0.05, 0.1) is 0 Å². The third kappa shape index (κ3) is 3.28. The first-order valence-corrected chi connectivity index (χ1v) is 9.32. The van der Waals surface area contributed by atoms with E-state index in [0.29, 0.717) is 5.65 Å². The van der Waals surface area contributed by atoms with E-state index in [4.69, 9.17) is 0 Å². The van der Waals surface area contributed by atoms with Gasteiger partial charge < -0.3 is 10.2 Å². The molecule has 1 saturated heterocycles. The van der Waals surface area contributed by atoms with Crippen molar-refractivity contribution in [2.75, 3.05) is 25.0 Å². The summed E-state index contributed by atoms with van der Waals surface area (Å²) in [5, 5.41) is 21.9. The van der Waals surface area contributed by atoms with Crippen LogP contribution in [0, 0.1) is 0 Å². The molecule has 3 heterocycles. The minimum absolute atomic E-state index is 0.695. The van der Waals surface area contributed by atoms with Crippen LogP contribution in [-0.4, -0.2) is 55.8 Å². The Morgan fingerprint density at radius 2 is 2.08 bits per heavy atom. The van der Waals surface area contributed by atoms with E-state index in [0.717, 1.165) is 42.1 Å². The largest absolute Gasteiger partial charge is 0.368 e. The summed E-state index contributed by atoms with van der Waals surface area (Å²) in [4.78, 5) is 2.65. The van der Waals surface area contributed by atoms with Crippen LogP contribution in [0.5, 0.6) is 0 Å². The van der Waals surface area contributed by atoms with E-state index in [1.807, 2.05) is 18.2 Å². The lowest BCUT2D eigenvalue weighted by molar-refractivity contribution is 0.144. The van der Waals surface area contributed by atoms with E-state index in [9.17, 15) is 0 Å². The van der Waals surface area contributed by atoms with Crippen LogP contribution >= 0.6 is 0 Å². The number of hydrogen-bond acceptors (Lipinski definition) is 6. The lowest BCUT2D eigenvalue weighted by Crippen LogP contribution is -2.40. The van der Waals surface area contributed by atoms with Crippen molar-refractivity contribution in [3.8, 4) is 0 Å². The van der Waals surface area contributed by atoms with E-state index in [1.54, 1.807) is 0 Å². The first-order chi connectivity index (χ1) is 12.4. The van der Waals surface area contributed by atoms with Gasteiger partial charge in [-0.25, -0.2) is 0 Å². The molecular formula is C18H25N7. The quantitative estimate of drug-likeness (QED) is 0.696. The number of anilines is 1. The maximum absolute atomic E-state index is 4.53. The van der Waals surface area contributed by atoms with Crippen molar-refractivity contribution in [2.45, 2.75) is 45.1 Å². The molecule has 1 N–H and O–H groups in total. The van der Waals surface area contributed by atoms with E-state index in [2.05, 4.69) is 43.8 Å². The summed E-state index contributed by atoms with van der Waals surface area (Å²) in [5.41, 5.74) is 0.695. The molecule has 3 aromatic rings. The van der Waals surface area contributed by atoms with Crippen molar-refractivity contribution in [3.63, 3.8) is 0 Å². The van der Waals surface area contributed by atoms with Gasteiger partial charge in [0.25, 0.3) is 0 Å². The molecule has 1 aliphatic heterocycles. The minimum atomic E-state index is 0.695. The standard InChI is InChI=1S/C18H25N7/c1-2-14-8-5-6-12-24(14)13-7-11-19-17-15-9-3-4-10-16(15)18-20-22-23-25(18)21-17/h3-4,9-10,14H,2,5-8,11-13H2,1H3,(H,19,21)/t14-/m1/s1. The SMILES string of the molecule is CC[C@@H]1CCCCN1CCCNc1nn2nnnc2c2ccccc12. The highest BCUT2D eigenvalue weighted by molar-refractivity contribution is 5.99. The van der Waals surface area contributed by atoms with Gasteiger partial charge in [-0.05, 0) is 42.7 Å². The van der Waals surface area contributed by atoms with Gasteiger partial charge in [-0.3, -0.25) is 0 Å². The molecule has 0 bridgehead atoms. The van der Waals surface area contributed by atoms with Crippen LogP contribution in [0.3, 0.4) is 0 Å². The molecule has 0 unspecified atom stereocenters. The molecule has 0 amide bonds. The summed E-state index contributed by atoms with van der Waals surface area (Å²) < 4.78 is 1.50. The Bertz CT molecular complexity index is 844. The number of piperidine rings is 1. The molecule has 4 rings (SSSR count). The second kappa shape index (κ2) is 7.31. The molecule has 25 heavy (non-hydrogen) atoms. The third-order valence-corrected chi connectivity index (χ3v) is 5.21. The van der Waals surface area contributed by atoms with Gasteiger partial charge in [-0.2, -0.15) is 0 Å². The summed E-state index contributed by atoms with van der Waals surface area (Å²) in [6, 6.07) is 8.90. The van der Waals surface area contributed by atoms with Crippen LogP contribution < -0.4 is 5.32 Å². The third-order valence-electron chi connectivity index (χ3n) is 5.21. The predicted octanol–water partition coefficient (Wildman–Crippen LogP) is 2.74. The highest BCUT2D eigenvalue weighted by atomic mass is 15.6. The fourth-order valence-corrected chi connectivity index (χ4v) is 3.88. The van der Waals surface area contributed by atoms with E-state index in [-0.39, 0.29) is 0 Å². The normalized spacial score (nSPS) is 18.8. The fourth-order valence-electron chi connectivity index (χ4n) is 3.88. The molecule has 132 valence electrons. The molecule has 0 saturated carbocycles. The number of fused-ring (bicyclic) bond motifs is 3. The van der Waals surface area contributed by atoms with Crippen LogP contribution in [0.4, 0.5) is 5.82 Å². The lowest BCUT2D eigenvalue weighted by atomic mass is 10.00. The predicted molar refractivity (Wildman–Crippen MR) is 98.7 cm³/mol. The second-order valence-corrected chi connectivity index (χ2v) is 6.76. The maximum atomic E-state index is 4.53. The summed E-state index contributed by atoms with van der Waals surface area (Å²) in [7, 11) is 0. The van der Waals surface area contributed by atoms with E-state index < -0.39 is 0 Å². The molecule has 7 nitrogen and oxygen atoms in total. The second-order valence-electron chi connectivity index (χ2n) is 6.76. The van der Waals surface area contributed by atoms with Crippen molar-refractivity contribution in [3.05, 3.63) is 24.3 Å². The first-order valence-electron chi connectivity index (χ1n) is 9.32. The van der Waals surface area contributed by atoms with Crippen molar-refractivity contribution in [1.82, 2.24) is 30.2 Å². The van der Waals surface area contributed by atoms with Crippen molar-refractivity contribution < 1.29 is 0 Å². The van der Waals surface area contributed by atoms with Crippen LogP contribution in [0.1, 0.15) is 39.0 Å². The summed E-state index contributed by atoms with van der Waals surface area (Å²) in [6.07, 6.45) is 6.45. The molecule has 1 fully saturated rings. The Labute approximate surface area is 147 Å². The number of aromatic nitrogens is 5. The molecular weight excluding hydrogens is 314 g/mol. The topological polar surface area (TPSA) is 71.2 Å². The fraction of sp³-hybridized carbons (Fsp3) is 0.556. The number of nitrogens with one attached hydrogen (secondary N) is 1. The average molecular weight is 339 g/mol. The molecule has 0 aliphatic carbocycles. The van der Waals surface area contributed by atoms with E-state index in [1.165, 1.54) is 36.9 Å². The molecule has 1 atom stereocenters. The summed E-state index contributed by atoms with van der Waals surface area (Å²) >= 11 is 0. The number of benzene rings is 1. The first kappa shape index (κ1) is 16.2. The Kier molecular flexibility index (Phi) is 4.74. The smallest absolute Gasteiger partial charge is 0.207 e. The van der Waals surface area contributed by atoms with Crippen LogP contribution in [0.15, 0.2) is 24.3 Å². The maximum Gasteiger partial charge on any atom is 0.207 e. The van der Waals surface area contributed by atoms with Crippen LogP contribution in [-0.2, 0) is 0 Å². The zero-order chi connectivity index (χ0) is 17.1. The number of nitrogens with zero attached hydrogens (tertiary/aromatic N) is 6. The van der Waals surface area contributed by atoms with Gasteiger partial charge in [0, 0.05) is 29.9 Å². The van der Waals surface area contributed by atoms with Crippen molar-refractivity contribution in [2.24, 2.45) is 0 Å². The Hall–Kier alpha value is -2.28. The van der Waals surface area contributed by atoms with E-state index >= 15 is 0 Å². The molecule has 0 spiro atoms. The molecule has 7 heteroatoms. The van der Waals surface area contributed by atoms with Gasteiger partial charge >= 0.3 is 0 Å². The number of tetrazole rings is 1. The zero-order valence-electron chi connectivity index (χ0n) is 14.7. The molecule has 2 aromatic heterocycles. The summed E-state index contributed by atoms with van der Waals surface area (Å²) in [6.45, 7) is 5.60. The molecule has 0 radical (unpaired) electrons. The average Bonchev–Trinajstić information content (AvgIpc) is 3.14. The van der Waals surface area contributed by atoms with Gasteiger partial charge in [0.15, 0.2) is 5.82 Å². The minimum Gasteiger partial charge on any atom is -0.368 e. The molecule has 1 aliphatic rings. The highest BCUT2D eigenvalue weighted by Crippen LogP contribution is 2.23. The lowest BCUT2D eigenvalue weighted by Gasteiger charge is -2.35. The van der Waals surface area contributed by atoms with Gasteiger partial charge in [0.1, 0.15) is 0 Å². The van der Waals surface area contributed by atoms with Crippen molar-refractivity contribution in [1.29, 1.82) is 0 Å². The Morgan fingerprint density at radius 1 is 1.20 bits per heavy atom. The van der Waals surface area contributed by atoms with Crippen molar-refractivity contribution >= 4 is 22.2 Å². The number of hydrogen-bond donors (Lipinski definition) is 1. The highest BCUT2D eigenvalue weighted by Gasteiger charge is 2.19. The number of likely N-dealkylation sites (tertiary alicyclic amines) is 1. The molecule has 1 aromatic carbocycles. The zero-order valence-corrected chi connectivity index (χ0v) is 14.7.